The van der Waals surface area contributed by atoms with Gasteiger partial charge in [0.2, 0.25) is 5.91 Å². The van der Waals surface area contributed by atoms with E-state index in [1.165, 1.54) is 38.5 Å². The van der Waals surface area contributed by atoms with Crippen molar-refractivity contribution in [2.24, 2.45) is 11.8 Å². The highest BCUT2D eigenvalue weighted by Crippen LogP contribution is 2.25. The van der Waals surface area contributed by atoms with Gasteiger partial charge in [-0.05, 0) is 44.4 Å². The number of amides is 3. The van der Waals surface area contributed by atoms with Crippen LogP contribution < -0.4 is 10.6 Å². The first-order valence-electron chi connectivity index (χ1n) is 10.5. The lowest BCUT2D eigenvalue weighted by atomic mass is 9.85. The molecule has 2 saturated carbocycles. The van der Waals surface area contributed by atoms with E-state index in [4.69, 9.17) is 0 Å². The zero-order valence-electron chi connectivity index (χ0n) is 15.8. The molecular formula is C20H35N3O2. The summed E-state index contributed by atoms with van der Waals surface area (Å²) in [5.74, 6) is 0.887. The normalized spacial score (nSPS) is 29.2. The molecule has 1 heterocycles. The van der Waals surface area contributed by atoms with Crippen molar-refractivity contribution < 1.29 is 9.59 Å². The minimum absolute atomic E-state index is 0.0756. The van der Waals surface area contributed by atoms with Crippen LogP contribution in [-0.4, -0.2) is 42.0 Å². The molecule has 3 fully saturated rings. The van der Waals surface area contributed by atoms with Crippen molar-refractivity contribution in [3.8, 4) is 0 Å². The van der Waals surface area contributed by atoms with Gasteiger partial charge >= 0.3 is 6.03 Å². The van der Waals surface area contributed by atoms with Gasteiger partial charge in [0.05, 0.1) is 0 Å². The van der Waals surface area contributed by atoms with Gasteiger partial charge < -0.3 is 15.5 Å². The molecule has 5 heteroatoms. The van der Waals surface area contributed by atoms with E-state index in [-0.39, 0.29) is 17.9 Å². The Bertz CT molecular complexity index is 454. The molecule has 25 heavy (non-hydrogen) atoms. The fourth-order valence-electron chi connectivity index (χ4n) is 4.69. The molecule has 0 aromatic carbocycles. The lowest BCUT2D eigenvalue weighted by Crippen LogP contribution is -2.51. The van der Waals surface area contributed by atoms with Crippen molar-refractivity contribution in [1.82, 2.24) is 15.5 Å². The third-order valence-corrected chi connectivity index (χ3v) is 6.52. The van der Waals surface area contributed by atoms with Crippen LogP contribution in [0.5, 0.6) is 0 Å². The first-order valence-corrected chi connectivity index (χ1v) is 10.5. The molecule has 0 unspecified atom stereocenters. The van der Waals surface area contributed by atoms with Gasteiger partial charge in [0, 0.05) is 31.1 Å². The zero-order valence-corrected chi connectivity index (χ0v) is 15.8. The minimum Gasteiger partial charge on any atom is -0.353 e. The van der Waals surface area contributed by atoms with Gasteiger partial charge in [-0.3, -0.25) is 4.79 Å². The van der Waals surface area contributed by atoms with Crippen molar-refractivity contribution in [2.75, 3.05) is 13.1 Å². The summed E-state index contributed by atoms with van der Waals surface area (Å²) in [5, 5.41) is 6.48. The molecule has 142 valence electrons. The number of likely N-dealkylation sites (tertiary alicyclic amines) is 1. The summed E-state index contributed by atoms with van der Waals surface area (Å²) in [5.41, 5.74) is 0. The quantitative estimate of drug-likeness (QED) is 0.820. The number of carbonyl (C=O) groups excluding carboxylic acids is 2. The van der Waals surface area contributed by atoms with E-state index in [0.717, 1.165) is 32.1 Å². The van der Waals surface area contributed by atoms with Crippen LogP contribution >= 0.6 is 0 Å². The van der Waals surface area contributed by atoms with Crippen LogP contribution in [0.15, 0.2) is 0 Å². The topological polar surface area (TPSA) is 61.4 Å². The van der Waals surface area contributed by atoms with E-state index in [9.17, 15) is 9.59 Å². The average molecular weight is 350 g/mol. The van der Waals surface area contributed by atoms with Crippen LogP contribution in [0.3, 0.4) is 0 Å². The molecule has 3 rings (SSSR count). The number of urea groups is 1. The molecule has 1 saturated heterocycles. The van der Waals surface area contributed by atoms with Gasteiger partial charge in [-0.2, -0.15) is 0 Å². The molecule has 1 aliphatic heterocycles. The highest BCUT2D eigenvalue weighted by molar-refractivity contribution is 5.80. The fraction of sp³-hybridized carbons (Fsp3) is 0.900. The van der Waals surface area contributed by atoms with E-state index in [1.807, 2.05) is 4.90 Å². The van der Waals surface area contributed by atoms with E-state index >= 15 is 0 Å². The maximum atomic E-state index is 12.6. The second kappa shape index (κ2) is 8.91. The molecule has 0 bridgehead atoms. The summed E-state index contributed by atoms with van der Waals surface area (Å²) in [7, 11) is 0. The summed E-state index contributed by atoms with van der Waals surface area (Å²) in [6.07, 6.45) is 12.5. The van der Waals surface area contributed by atoms with Crippen LogP contribution in [0, 0.1) is 11.8 Å². The number of hydrogen-bond acceptors (Lipinski definition) is 2. The number of hydrogen-bond donors (Lipinski definition) is 2. The predicted molar refractivity (Wildman–Crippen MR) is 99.3 cm³/mol. The summed E-state index contributed by atoms with van der Waals surface area (Å²) in [6, 6.07) is 0.788. The van der Waals surface area contributed by atoms with E-state index in [2.05, 4.69) is 17.6 Å². The largest absolute Gasteiger partial charge is 0.353 e. The standard InChI is InChI=1S/C20H35N3O2/c1-15-7-5-6-10-18(15)22-19(24)16-11-13-23(14-12-16)20(25)21-17-8-3-2-4-9-17/h15-18H,2-14H2,1H3,(H,21,25)(H,22,24)/t15-,18+/m1/s1. The summed E-state index contributed by atoms with van der Waals surface area (Å²) in [4.78, 5) is 26.9. The molecule has 0 aromatic rings. The number of piperidine rings is 1. The predicted octanol–water partition coefficient (Wildman–Crippen LogP) is 3.44. The van der Waals surface area contributed by atoms with Crippen LogP contribution in [0.2, 0.25) is 0 Å². The molecule has 0 spiro atoms. The molecule has 0 radical (unpaired) electrons. The minimum atomic E-state index is 0.0756. The Labute approximate surface area is 152 Å². The Morgan fingerprint density at radius 1 is 0.800 bits per heavy atom. The molecule has 3 amide bonds. The SMILES string of the molecule is C[C@@H]1CCCC[C@@H]1NC(=O)C1CCN(C(=O)NC2CCCCC2)CC1. The Kier molecular flexibility index (Phi) is 6.60. The first-order chi connectivity index (χ1) is 12.1. The van der Waals surface area contributed by atoms with Crippen molar-refractivity contribution in [3.63, 3.8) is 0 Å². The lowest BCUT2D eigenvalue weighted by Gasteiger charge is -2.35. The average Bonchev–Trinajstić information content (AvgIpc) is 2.64. The Morgan fingerprint density at radius 3 is 2.12 bits per heavy atom. The monoisotopic (exact) mass is 349 g/mol. The zero-order chi connectivity index (χ0) is 17.6. The van der Waals surface area contributed by atoms with Gasteiger partial charge in [0.25, 0.3) is 0 Å². The van der Waals surface area contributed by atoms with E-state index < -0.39 is 0 Å². The van der Waals surface area contributed by atoms with Crippen molar-refractivity contribution in [1.29, 1.82) is 0 Å². The Hall–Kier alpha value is -1.26. The van der Waals surface area contributed by atoms with Gasteiger partial charge in [0.15, 0.2) is 0 Å². The van der Waals surface area contributed by atoms with Gasteiger partial charge in [-0.1, -0.05) is 39.0 Å². The molecular weight excluding hydrogens is 314 g/mol. The fourth-order valence-corrected chi connectivity index (χ4v) is 4.69. The molecule has 2 aliphatic carbocycles. The van der Waals surface area contributed by atoms with Gasteiger partial charge in [0.1, 0.15) is 0 Å². The number of nitrogens with zero attached hydrogens (tertiary/aromatic N) is 1. The molecule has 0 aromatic heterocycles. The number of nitrogens with one attached hydrogen (secondary N) is 2. The van der Waals surface area contributed by atoms with E-state index in [1.54, 1.807) is 0 Å². The van der Waals surface area contributed by atoms with Gasteiger partial charge in [-0.25, -0.2) is 4.79 Å². The number of rotatable bonds is 3. The van der Waals surface area contributed by atoms with Crippen molar-refractivity contribution in [3.05, 3.63) is 0 Å². The molecule has 2 N–H and O–H groups in total. The molecule has 3 aliphatic rings. The van der Waals surface area contributed by atoms with Crippen LogP contribution in [-0.2, 0) is 4.79 Å². The maximum absolute atomic E-state index is 12.6. The third-order valence-electron chi connectivity index (χ3n) is 6.52. The van der Waals surface area contributed by atoms with Crippen molar-refractivity contribution in [2.45, 2.75) is 89.6 Å². The second-order valence-corrected chi connectivity index (χ2v) is 8.42. The van der Waals surface area contributed by atoms with Gasteiger partial charge in [-0.15, -0.1) is 0 Å². The Morgan fingerprint density at radius 2 is 1.44 bits per heavy atom. The second-order valence-electron chi connectivity index (χ2n) is 8.42. The first kappa shape index (κ1) is 18.5. The molecule has 5 nitrogen and oxygen atoms in total. The summed E-state index contributed by atoms with van der Waals surface area (Å²) < 4.78 is 0. The lowest BCUT2D eigenvalue weighted by molar-refractivity contribution is -0.127. The van der Waals surface area contributed by atoms with Crippen LogP contribution in [0.1, 0.15) is 77.6 Å². The van der Waals surface area contributed by atoms with Crippen LogP contribution in [0.4, 0.5) is 4.79 Å². The maximum Gasteiger partial charge on any atom is 0.317 e. The molecule has 2 atom stereocenters. The number of carbonyl (C=O) groups is 2. The highest BCUT2D eigenvalue weighted by atomic mass is 16.2. The van der Waals surface area contributed by atoms with E-state index in [0.29, 0.717) is 31.1 Å². The highest BCUT2D eigenvalue weighted by Gasteiger charge is 2.31. The Balaban J connectivity index is 1.40. The summed E-state index contributed by atoms with van der Waals surface area (Å²) >= 11 is 0. The van der Waals surface area contributed by atoms with Crippen molar-refractivity contribution >= 4 is 11.9 Å². The smallest absolute Gasteiger partial charge is 0.317 e. The third kappa shape index (κ3) is 5.11. The summed E-state index contributed by atoms with van der Waals surface area (Å²) in [6.45, 7) is 3.66. The van der Waals surface area contributed by atoms with Crippen LogP contribution in [0.25, 0.3) is 0 Å².